The maximum atomic E-state index is 12.1. The molecule has 8 nitrogen and oxygen atoms in total. The molecular weight excluding hydrogens is 300 g/mol. The number of nitrogens with one attached hydrogen (secondary N) is 1. The summed E-state index contributed by atoms with van der Waals surface area (Å²) in [5.74, 6) is -1.28. The highest BCUT2D eigenvalue weighted by atomic mass is 32.2. The van der Waals surface area contributed by atoms with Gasteiger partial charge in [0.1, 0.15) is 6.04 Å². The monoisotopic (exact) mass is 314 g/mol. The summed E-state index contributed by atoms with van der Waals surface area (Å²) in [6, 6.07) is 5.69. The summed E-state index contributed by atoms with van der Waals surface area (Å²) in [5.41, 5.74) is 1.47. The molecule has 1 aliphatic heterocycles. The number of hydrogen-bond acceptors (Lipinski definition) is 5. The summed E-state index contributed by atoms with van der Waals surface area (Å²) in [7, 11) is -3.28. The number of nitrogens with zero attached hydrogens (tertiary/aromatic N) is 1. The van der Waals surface area contributed by atoms with Crippen molar-refractivity contribution in [3.8, 4) is 0 Å². The summed E-state index contributed by atoms with van der Waals surface area (Å²) in [4.78, 5) is 22.4. The molecule has 0 aliphatic carbocycles. The molecule has 0 radical (unpaired) electrons. The maximum Gasteiger partial charge on any atom is 0.421 e. The molecule has 2 rings (SSSR count). The predicted molar refractivity (Wildman–Crippen MR) is 71.6 cm³/mol. The Bertz CT molecular complexity index is 672. The van der Waals surface area contributed by atoms with Crippen molar-refractivity contribution >= 4 is 22.3 Å². The highest BCUT2D eigenvalue weighted by molar-refractivity contribution is 7.87. The van der Waals surface area contributed by atoms with Gasteiger partial charge in [0.05, 0.1) is 7.11 Å². The summed E-state index contributed by atoms with van der Waals surface area (Å²) < 4.78 is 30.9. The van der Waals surface area contributed by atoms with Crippen molar-refractivity contribution in [3.05, 3.63) is 35.4 Å². The molecule has 1 heterocycles. The van der Waals surface area contributed by atoms with E-state index in [0.717, 1.165) is 17.0 Å². The quantitative estimate of drug-likeness (QED) is 0.818. The van der Waals surface area contributed by atoms with E-state index < -0.39 is 28.3 Å². The highest BCUT2D eigenvalue weighted by Gasteiger charge is 2.39. The van der Waals surface area contributed by atoms with Crippen LogP contribution in [0.1, 0.15) is 11.1 Å². The van der Waals surface area contributed by atoms with Crippen LogP contribution in [0.3, 0.4) is 0 Å². The minimum absolute atomic E-state index is 0.0353. The summed E-state index contributed by atoms with van der Waals surface area (Å²) in [5, 5.41) is 9.24. The van der Waals surface area contributed by atoms with E-state index in [0.29, 0.717) is 5.56 Å². The molecule has 1 amide bonds. The normalized spacial score (nSPS) is 18.6. The molecule has 0 bridgehead atoms. The van der Waals surface area contributed by atoms with Gasteiger partial charge >= 0.3 is 22.3 Å². The van der Waals surface area contributed by atoms with Gasteiger partial charge in [-0.2, -0.15) is 12.7 Å². The third-order valence-corrected chi connectivity index (χ3v) is 4.62. The maximum absolute atomic E-state index is 12.1. The number of fused-ring (bicyclic) bond motifs is 1. The topological polar surface area (TPSA) is 113 Å². The third-order valence-electron chi connectivity index (χ3n) is 3.20. The molecule has 1 aromatic rings. The van der Waals surface area contributed by atoms with E-state index in [4.69, 9.17) is 0 Å². The van der Waals surface area contributed by atoms with E-state index in [2.05, 4.69) is 4.74 Å². The Hall–Kier alpha value is -2.13. The van der Waals surface area contributed by atoms with Gasteiger partial charge in [0.15, 0.2) is 0 Å². The van der Waals surface area contributed by atoms with E-state index in [1.165, 1.54) is 0 Å². The minimum atomic E-state index is -4.30. The van der Waals surface area contributed by atoms with Crippen LogP contribution in [0.15, 0.2) is 24.3 Å². The van der Waals surface area contributed by atoms with E-state index in [-0.39, 0.29) is 13.0 Å². The van der Waals surface area contributed by atoms with Crippen molar-refractivity contribution in [1.82, 2.24) is 9.03 Å². The molecule has 0 unspecified atom stereocenters. The molecule has 2 N–H and O–H groups in total. The Morgan fingerprint density at radius 3 is 2.52 bits per heavy atom. The van der Waals surface area contributed by atoms with E-state index in [1.807, 2.05) is 0 Å². The van der Waals surface area contributed by atoms with Gasteiger partial charge in [-0.1, -0.05) is 24.3 Å². The van der Waals surface area contributed by atoms with Crippen molar-refractivity contribution < 1.29 is 27.9 Å². The summed E-state index contributed by atoms with van der Waals surface area (Å²) >= 11 is 0. The van der Waals surface area contributed by atoms with Crippen molar-refractivity contribution in [2.45, 2.75) is 19.0 Å². The Balaban J connectivity index is 2.37. The van der Waals surface area contributed by atoms with Crippen molar-refractivity contribution in [2.24, 2.45) is 0 Å². The van der Waals surface area contributed by atoms with E-state index in [9.17, 15) is 23.1 Å². The van der Waals surface area contributed by atoms with Crippen LogP contribution in [0.25, 0.3) is 0 Å². The van der Waals surface area contributed by atoms with Crippen molar-refractivity contribution in [1.29, 1.82) is 0 Å². The zero-order valence-corrected chi connectivity index (χ0v) is 12.0. The highest BCUT2D eigenvalue weighted by Crippen LogP contribution is 2.25. The average Bonchev–Trinajstić information content (AvgIpc) is 2.45. The summed E-state index contributed by atoms with van der Waals surface area (Å²) in [6.07, 6.45) is -1.13. The SMILES string of the molecule is COC(=O)NS(=O)(=O)N1Cc2ccccc2C[C@@H]1C(=O)O. The number of aliphatic carboxylic acids is 1. The van der Waals surface area contributed by atoms with Crippen LogP contribution in [0.4, 0.5) is 4.79 Å². The fraction of sp³-hybridized carbons (Fsp3) is 0.333. The number of amides is 1. The first kappa shape index (κ1) is 15.3. The number of carbonyl (C=O) groups excluding carboxylic acids is 1. The third kappa shape index (κ3) is 3.14. The molecule has 0 saturated carbocycles. The van der Waals surface area contributed by atoms with Crippen LogP contribution in [-0.4, -0.2) is 43.0 Å². The van der Waals surface area contributed by atoms with Crippen molar-refractivity contribution in [2.75, 3.05) is 7.11 Å². The first-order valence-corrected chi connectivity index (χ1v) is 7.46. The van der Waals surface area contributed by atoms with Gasteiger partial charge in [0, 0.05) is 13.0 Å². The first-order chi connectivity index (χ1) is 9.85. The average molecular weight is 314 g/mol. The van der Waals surface area contributed by atoms with Gasteiger partial charge < -0.3 is 9.84 Å². The molecule has 1 atom stereocenters. The Morgan fingerprint density at radius 2 is 1.95 bits per heavy atom. The molecular formula is C12H14N2O6S. The molecule has 21 heavy (non-hydrogen) atoms. The van der Waals surface area contributed by atoms with Gasteiger partial charge in [-0.15, -0.1) is 0 Å². The fourth-order valence-corrected chi connectivity index (χ4v) is 3.39. The molecule has 1 aromatic carbocycles. The lowest BCUT2D eigenvalue weighted by Crippen LogP contribution is -2.53. The van der Waals surface area contributed by atoms with Gasteiger partial charge in [0.25, 0.3) is 0 Å². The molecule has 114 valence electrons. The lowest BCUT2D eigenvalue weighted by atomic mass is 9.96. The molecule has 9 heteroatoms. The predicted octanol–water partition coefficient (Wildman–Crippen LogP) is 0.0987. The van der Waals surface area contributed by atoms with Crippen LogP contribution in [0, 0.1) is 0 Å². The Morgan fingerprint density at radius 1 is 1.33 bits per heavy atom. The molecule has 0 aromatic heterocycles. The number of ether oxygens (including phenoxy) is 1. The zero-order valence-electron chi connectivity index (χ0n) is 11.1. The molecule has 0 fully saturated rings. The number of carboxylic acids is 1. The van der Waals surface area contributed by atoms with Gasteiger partial charge in [0.2, 0.25) is 0 Å². The second kappa shape index (κ2) is 5.70. The van der Waals surface area contributed by atoms with Gasteiger partial charge in [-0.05, 0) is 11.1 Å². The molecule has 0 saturated heterocycles. The lowest BCUT2D eigenvalue weighted by molar-refractivity contribution is -0.141. The largest absolute Gasteiger partial charge is 0.480 e. The van der Waals surface area contributed by atoms with Crippen LogP contribution < -0.4 is 4.72 Å². The number of methoxy groups -OCH3 is 1. The smallest absolute Gasteiger partial charge is 0.421 e. The lowest BCUT2D eigenvalue weighted by Gasteiger charge is -2.32. The number of carboxylic acid groups (broad SMARTS) is 1. The molecule has 0 spiro atoms. The number of benzene rings is 1. The van der Waals surface area contributed by atoms with Crippen LogP contribution in [0.2, 0.25) is 0 Å². The van der Waals surface area contributed by atoms with Crippen molar-refractivity contribution in [3.63, 3.8) is 0 Å². The number of hydrogen-bond donors (Lipinski definition) is 2. The summed E-state index contributed by atoms with van der Waals surface area (Å²) in [6.45, 7) is -0.126. The van der Waals surface area contributed by atoms with E-state index >= 15 is 0 Å². The standard InChI is InChI=1S/C12H14N2O6S/c1-20-12(17)13-21(18,19)14-7-9-5-3-2-4-8(9)6-10(14)11(15)16/h2-5,10H,6-7H2,1H3,(H,13,17)(H,15,16)/t10-/m1/s1. The molecule has 1 aliphatic rings. The zero-order chi connectivity index (χ0) is 15.6. The van der Waals surface area contributed by atoms with Gasteiger partial charge in [-0.25, -0.2) is 9.52 Å². The minimum Gasteiger partial charge on any atom is -0.480 e. The second-order valence-corrected chi connectivity index (χ2v) is 6.09. The second-order valence-electron chi connectivity index (χ2n) is 4.47. The fourth-order valence-electron chi connectivity index (χ4n) is 2.17. The number of rotatable bonds is 3. The van der Waals surface area contributed by atoms with E-state index in [1.54, 1.807) is 29.0 Å². The number of carbonyl (C=O) groups is 2. The van der Waals surface area contributed by atoms with Crippen LogP contribution >= 0.6 is 0 Å². The Labute approximate surface area is 121 Å². The van der Waals surface area contributed by atoms with Crippen LogP contribution in [0.5, 0.6) is 0 Å². The first-order valence-electron chi connectivity index (χ1n) is 6.02. The Kier molecular flexibility index (Phi) is 4.14. The van der Waals surface area contributed by atoms with Crippen LogP contribution in [-0.2, 0) is 32.7 Å². The van der Waals surface area contributed by atoms with Gasteiger partial charge in [-0.3, -0.25) is 4.79 Å².